The number of hydrogen-bond donors (Lipinski definition) is 1. The Kier molecular flexibility index (Phi) is 4.53. The van der Waals surface area contributed by atoms with Gasteiger partial charge in [0.1, 0.15) is 0 Å². The van der Waals surface area contributed by atoms with Gasteiger partial charge in [-0.05, 0) is 43.7 Å². The van der Waals surface area contributed by atoms with E-state index in [-0.39, 0.29) is 10.0 Å². The quantitative estimate of drug-likeness (QED) is 0.746. The van der Waals surface area contributed by atoms with Gasteiger partial charge in [-0.2, -0.15) is 0 Å². The lowest BCUT2D eigenvalue weighted by molar-refractivity contribution is 0.600. The van der Waals surface area contributed by atoms with Crippen molar-refractivity contribution in [2.45, 2.75) is 18.7 Å². The molecule has 124 valence electrons. The van der Waals surface area contributed by atoms with E-state index in [4.69, 9.17) is 11.6 Å². The summed E-state index contributed by atoms with van der Waals surface area (Å²) in [6, 6.07) is 8.39. The van der Waals surface area contributed by atoms with Crippen LogP contribution in [-0.2, 0) is 10.0 Å². The van der Waals surface area contributed by atoms with E-state index < -0.39 is 10.0 Å². The number of benzene rings is 1. The summed E-state index contributed by atoms with van der Waals surface area (Å²) < 4.78 is 27.5. The van der Waals surface area contributed by atoms with Crippen molar-refractivity contribution >= 4 is 38.1 Å². The highest BCUT2D eigenvalue weighted by Gasteiger charge is 2.20. The Bertz CT molecular complexity index is 1000. The molecule has 0 aliphatic rings. The predicted molar refractivity (Wildman–Crippen MR) is 94.9 cm³/mol. The average molecular weight is 381 g/mol. The molecular weight excluding hydrogens is 368 g/mol. The van der Waals surface area contributed by atoms with Crippen molar-refractivity contribution in [2.24, 2.45) is 0 Å². The number of nitrogens with one attached hydrogen (secondary N) is 1. The first-order valence-electron chi connectivity index (χ1n) is 6.92. The van der Waals surface area contributed by atoms with E-state index in [9.17, 15) is 8.42 Å². The molecule has 0 spiro atoms. The van der Waals surface area contributed by atoms with Gasteiger partial charge in [-0.15, -0.1) is 10.2 Å². The summed E-state index contributed by atoms with van der Waals surface area (Å²) >= 11 is 7.15. The molecule has 0 amide bonds. The number of rotatable bonds is 4. The molecule has 6 nitrogen and oxygen atoms in total. The number of sulfonamides is 1. The van der Waals surface area contributed by atoms with Crippen LogP contribution in [0.25, 0.3) is 10.6 Å². The third-order valence-electron chi connectivity index (χ3n) is 3.39. The Hall–Kier alpha value is -2.03. The Morgan fingerprint density at radius 2 is 1.92 bits per heavy atom. The summed E-state index contributed by atoms with van der Waals surface area (Å²) in [7, 11) is -3.79. The van der Waals surface area contributed by atoms with Gasteiger partial charge in [-0.3, -0.25) is 9.71 Å². The molecule has 0 unspecified atom stereocenters. The van der Waals surface area contributed by atoms with Crippen molar-refractivity contribution in [1.29, 1.82) is 0 Å². The lowest BCUT2D eigenvalue weighted by atomic mass is 10.2. The summed E-state index contributed by atoms with van der Waals surface area (Å²) in [4.78, 5) is 4.31. The summed E-state index contributed by atoms with van der Waals surface area (Å²) in [6.45, 7) is 3.51. The second-order valence-electron chi connectivity index (χ2n) is 5.02. The topological polar surface area (TPSA) is 84.8 Å². The molecule has 2 aromatic heterocycles. The fourth-order valence-corrected chi connectivity index (χ4v) is 4.68. The molecule has 3 rings (SSSR count). The number of aromatic nitrogens is 3. The zero-order chi connectivity index (χ0) is 17.3. The maximum atomic E-state index is 12.5. The third kappa shape index (κ3) is 3.26. The van der Waals surface area contributed by atoms with Gasteiger partial charge < -0.3 is 0 Å². The van der Waals surface area contributed by atoms with E-state index in [1.165, 1.54) is 6.07 Å². The maximum absolute atomic E-state index is 12.5. The summed E-state index contributed by atoms with van der Waals surface area (Å²) in [5.41, 5.74) is 2.10. The Morgan fingerprint density at radius 1 is 1.12 bits per heavy atom. The number of halogens is 1. The Balaban J connectivity index is 1.92. The van der Waals surface area contributed by atoms with Gasteiger partial charge in [0.15, 0.2) is 5.01 Å². The Morgan fingerprint density at radius 3 is 2.67 bits per heavy atom. The molecule has 2 heterocycles. The van der Waals surface area contributed by atoms with Crippen LogP contribution in [0.2, 0.25) is 5.02 Å². The van der Waals surface area contributed by atoms with Crippen LogP contribution in [0.15, 0.2) is 41.4 Å². The molecule has 0 atom stereocenters. The van der Waals surface area contributed by atoms with Crippen LogP contribution in [0.1, 0.15) is 11.3 Å². The number of aryl methyl sites for hydroxylation is 1. The lowest BCUT2D eigenvalue weighted by Gasteiger charge is -2.08. The molecule has 0 saturated carbocycles. The molecule has 1 aromatic carbocycles. The predicted octanol–water partition coefficient (Wildman–Crippen LogP) is 3.67. The smallest absolute Gasteiger partial charge is 0.261 e. The van der Waals surface area contributed by atoms with Gasteiger partial charge in [0, 0.05) is 22.5 Å². The van der Waals surface area contributed by atoms with Crippen molar-refractivity contribution < 1.29 is 8.42 Å². The van der Waals surface area contributed by atoms with Gasteiger partial charge in [0.05, 0.1) is 4.90 Å². The van der Waals surface area contributed by atoms with Gasteiger partial charge in [-0.1, -0.05) is 29.0 Å². The minimum atomic E-state index is -3.79. The van der Waals surface area contributed by atoms with Crippen molar-refractivity contribution in [2.75, 3.05) is 4.72 Å². The Labute approximate surface area is 148 Å². The molecule has 0 fully saturated rings. The van der Waals surface area contributed by atoms with Crippen LogP contribution in [0, 0.1) is 13.8 Å². The highest BCUT2D eigenvalue weighted by molar-refractivity contribution is 7.93. The first-order valence-corrected chi connectivity index (χ1v) is 9.59. The van der Waals surface area contributed by atoms with E-state index in [0.717, 1.165) is 22.6 Å². The molecule has 1 N–H and O–H groups in total. The number of hydrogen-bond acceptors (Lipinski definition) is 6. The lowest BCUT2D eigenvalue weighted by Crippen LogP contribution is -2.14. The molecule has 9 heteroatoms. The normalized spacial score (nSPS) is 11.5. The van der Waals surface area contributed by atoms with E-state index in [0.29, 0.717) is 15.6 Å². The zero-order valence-corrected chi connectivity index (χ0v) is 15.2. The van der Waals surface area contributed by atoms with Crippen molar-refractivity contribution in [3.63, 3.8) is 0 Å². The fraction of sp³-hybridized carbons (Fsp3) is 0.133. The second kappa shape index (κ2) is 6.46. The monoisotopic (exact) mass is 380 g/mol. The summed E-state index contributed by atoms with van der Waals surface area (Å²) in [5, 5.41) is 9.13. The highest BCUT2D eigenvalue weighted by Crippen LogP contribution is 2.30. The SMILES string of the molecule is Cc1ncccc1-c1nnc(NS(=O)(=O)c2cccc(Cl)c2C)s1. The first-order chi connectivity index (χ1) is 11.4. The van der Waals surface area contributed by atoms with Crippen LogP contribution in [0.5, 0.6) is 0 Å². The van der Waals surface area contributed by atoms with Crippen molar-refractivity contribution in [3.8, 4) is 10.6 Å². The molecule has 24 heavy (non-hydrogen) atoms. The summed E-state index contributed by atoms with van der Waals surface area (Å²) in [5.74, 6) is 0. The number of nitrogens with zero attached hydrogens (tertiary/aromatic N) is 3. The molecule has 3 aromatic rings. The van der Waals surface area contributed by atoms with Crippen LogP contribution >= 0.6 is 22.9 Å². The molecular formula is C15H13ClN4O2S2. The van der Waals surface area contributed by atoms with E-state index in [1.807, 2.05) is 13.0 Å². The molecule has 0 saturated heterocycles. The van der Waals surface area contributed by atoms with Crippen LogP contribution in [0.3, 0.4) is 0 Å². The molecule has 0 bridgehead atoms. The molecule has 0 radical (unpaired) electrons. The van der Waals surface area contributed by atoms with Gasteiger partial charge in [0.2, 0.25) is 5.13 Å². The van der Waals surface area contributed by atoms with E-state index >= 15 is 0 Å². The minimum absolute atomic E-state index is 0.115. The molecule has 0 aliphatic heterocycles. The van der Waals surface area contributed by atoms with Crippen LogP contribution in [-0.4, -0.2) is 23.6 Å². The number of anilines is 1. The second-order valence-corrected chi connectivity index (χ2v) is 8.05. The van der Waals surface area contributed by atoms with Crippen LogP contribution in [0.4, 0.5) is 5.13 Å². The minimum Gasteiger partial charge on any atom is -0.261 e. The largest absolute Gasteiger partial charge is 0.264 e. The van der Waals surface area contributed by atoms with E-state index in [2.05, 4.69) is 19.9 Å². The first kappa shape index (κ1) is 16.8. The van der Waals surface area contributed by atoms with Crippen LogP contribution < -0.4 is 4.72 Å². The fourth-order valence-electron chi connectivity index (χ4n) is 2.13. The average Bonchev–Trinajstić information content (AvgIpc) is 2.97. The number of pyridine rings is 1. The van der Waals surface area contributed by atoms with Crippen molar-refractivity contribution in [3.05, 3.63) is 52.8 Å². The van der Waals surface area contributed by atoms with Gasteiger partial charge in [-0.25, -0.2) is 8.42 Å². The third-order valence-corrected chi connectivity index (χ3v) is 6.29. The standard InChI is InChI=1S/C15H13ClN4O2S2/c1-9-12(16)6-3-7-13(9)24(21,22)20-15-19-18-14(23-15)11-5-4-8-17-10(11)2/h3-8H,1-2H3,(H,19,20). The van der Waals surface area contributed by atoms with Crippen molar-refractivity contribution in [1.82, 2.24) is 15.2 Å². The molecule has 0 aliphatic carbocycles. The van der Waals surface area contributed by atoms with Gasteiger partial charge in [0.25, 0.3) is 10.0 Å². The zero-order valence-electron chi connectivity index (χ0n) is 12.8. The summed E-state index contributed by atoms with van der Waals surface area (Å²) in [6.07, 6.45) is 1.69. The highest BCUT2D eigenvalue weighted by atomic mass is 35.5. The van der Waals surface area contributed by atoms with E-state index in [1.54, 1.807) is 31.3 Å². The maximum Gasteiger partial charge on any atom is 0.264 e. The van der Waals surface area contributed by atoms with Gasteiger partial charge >= 0.3 is 0 Å².